The lowest BCUT2D eigenvalue weighted by molar-refractivity contribution is 0.119. The Balaban J connectivity index is 1.43. The normalized spacial score (nSPS) is 14.6. The highest BCUT2D eigenvalue weighted by Crippen LogP contribution is 2.27. The van der Waals surface area contributed by atoms with Gasteiger partial charge in [-0.15, -0.1) is 5.10 Å². The summed E-state index contributed by atoms with van der Waals surface area (Å²) in [6.45, 7) is 1.44. The van der Waals surface area contributed by atoms with Crippen molar-refractivity contribution in [3.8, 4) is 11.4 Å². The van der Waals surface area contributed by atoms with Crippen molar-refractivity contribution in [1.82, 2.24) is 29.9 Å². The molecule has 3 aromatic rings. The summed E-state index contributed by atoms with van der Waals surface area (Å²) in [5.41, 5.74) is 1.26. The predicted molar refractivity (Wildman–Crippen MR) is 128 cm³/mol. The van der Waals surface area contributed by atoms with E-state index in [1.807, 2.05) is 0 Å². The highest BCUT2D eigenvalue weighted by atomic mass is 35.5. The number of anilines is 2. The predicted octanol–water partition coefficient (Wildman–Crippen LogP) is 2.34. The molecule has 0 radical (unpaired) electrons. The van der Waals surface area contributed by atoms with Crippen molar-refractivity contribution in [3.63, 3.8) is 0 Å². The first-order valence-electron chi connectivity index (χ1n) is 10.5. The van der Waals surface area contributed by atoms with E-state index >= 15 is 0 Å². The minimum absolute atomic E-state index is 0.105. The van der Waals surface area contributed by atoms with Gasteiger partial charge in [0.25, 0.3) is 0 Å². The molecule has 190 valence electrons. The van der Waals surface area contributed by atoms with Gasteiger partial charge in [0.15, 0.2) is 11.5 Å². The van der Waals surface area contributed by atoms with Gasteiger partial charge in [-0.2, -0.15) is 0 Å². The fourth-order valence-corrected chi connectivity index (χ4v) is 5.00. The van der Waals surface area contributed by atoms with Crippen LogP contribution in [-0.4, -0.2) is 73.9 Å². The number of aryl methyl sites for hydroxylation is 1. The second-order valence-corrected chi connectivity index (χ2v) is 10.2. The number of pyridine rings is 2. The lowest BCUT2D eigenvalue weighted by atomic mass is 10.2. The van der Waals surface area contributed by atoms with E-state index in [1.165, 1.54) is 29.2 Å². The number of amides is 2. The Morgan fingerprint density at radius 2 is 2.00 bits per heavy atom. The molecule has 2 amide bonds. The zero-order valence-corrected chi connectivity index (χ0v) is 20.6. The molecule has 1 atom stereocenters. The highest BCUT2D eigenvalue weighted by molar-refractivity contribution is 7.93. The number of nitrogens with zero attached hydrogens (tertiary/aromatic N) is 6. The van der Waals surface area contributed by atoms with Gasteiger partial charge in [0, 0.05) is 31.9 Å². The van der Waals surface area contributed by atoms with Crippen LogP contribution >= 0.6 is 11.6 Å². The fraction of sp³-hybridized carbons (Fsp3) is 0.300. The zero-order valence-electron chi connectivity index (χ0n) is 19.0. The Morgan fingerprint density at radius 3 is 2.64 bits per heavy atom. The van der Waals surface area contributed by atoms with Crippen molar-refractivity contribution in [2.75, 3.05) is 23.1 Å². The number of aromatic nitrogens is 5. The van der Waals surface area contributed by atoms with Crippen molar-refractivity contribution in [2.24, 2.45) is 7.05 Å². The van der Waals surface area contributed by atoms with Crippen molar-refractivity contribution in [2.45, 2.75) is 18.3 Å². The van der Waals surface area contributed by atoms with Gasteiger partial charge in [-0.25, -0.2) is 27.7 Å². The third kappa shape index (κ3) is 5.31. The highest BCUT2D eigenvalue weighted by Gasteiger charge is 2.40. The molecule has 1 saturated heterocycles. The molecular formula is C20H21ClN8O6S. The van der Waals surface area contributed by atoms with Crippen LogP contribution in [-0.2, 0) is 21.8 Å². The first kappa shape index (κ1) is 25.1. The monoisotopic (exact) mass is 536 g/mol. The smallest absolute Gasteiger partial charge is 0.413 e. The number of carbonyl (C=O) groups is 2. The summed E-state index contributed by atoms with van der Waals surface area (Å²) >= 11 is 6.05. The second-order valence-electron chi connectivity index (χ2n) is 7.85. The van der Waals surface area contributed by atoms with Gasteiger partial charge in [0.05, 0.1) is 17.6 Å². The first-order chi connectivity index (χ1) is 17.0. The number of ether oxygens (including phenoxy) is 1. The van der Waals surface area contributed by atoms with E-state index in [9.17, 15) is 18.0 Å². The lowest BCUT2D eigenvalue weighted by Crippen LogP contribution is -2.57. The average molecular weight is 537 g/mol. The molecule has 0 spiro atoms. The number of likely N-dealkylation sites (tertiary alicyclic amines) is 1. The average Bonchev–Trinajstić information content (AvgIpc) is 3.12. The minimum Gasteiger partial charge on any atom is -0.465 e. The molecule has 36 heavy (non-hydrogen) atoms. The standard InChI is InChI=1S/C20H21ClN8O6S/c1-11(14-4-3-7-22-17(14)21)35-19(30)24-18-16(25-27-28(18)2)15-6-5-12(8-23-15)26-36(33,34)13-9-29(10-13)20(31)32/h3-8,11,13,26H,9-10H2,1-2H3,(H,24,30)(H,31,32)/t11-/m1/s1. The van der Waals surface area contributed by atoms with Crippen LogP contribution in [0.1, 0.15) is 18.6 Å². The Labute approximate surface area is 210 Å². The van der Waals surface area contributed by atoms with E-state index in [1.54, 1.807) is 26.1 Å². The van der Waals surface area contributed by atoms with Crippen LogP contribution in [0.5, 0.6) is 0 Å². The minimum atomic E-state index is -3.79. The Hall–Kier alpha value is -3.98. The number of halogens is 1. The summed E-state index contributed by atoms with van der Waals surface area (Å²) in [6.07, 6.45) is 0.174. The van der Waals surface area contributed by atoms with Crippen LogP contribution in [0.3, 0.4) is 0 Å². The number of nitrogens with one attached hydrogen (secondary N) is 2. The van der Waals surface area contributed by atoms with Crippen molar-refractivity contribution >= 4 is 45.3 Å². The van der Waals surface area contributed by atoms with Crippen molar-refractivity contribution in [3.05, 3.63) is 47.4 Å². The number of hydrogen-bond acceptors (Lipinski definition) is 9. The van der Waals surface area contributed by atoms with Crippen LogP contribution in [0, 0.1) is 0 Å². The van der Waals surface area contributed by atoms with Crippen LogP contribution < -0.4 is 10.0 Å². The quantitative estimate of drug-likeness (QED) is 0.379. The van der Waals surface area contributed by atoms with Crippen LogP contribution in [0.4, 0.5) is 21.1 Å². The van der Waals surface area contributed by atoms with Gasteiger partial charge < -0.3 is 14.7 Å². The molecule has 1 fully saturated rings. The lowest BCUT2D eigenvalue weighted by Gasteiger charge is -2.36. The summed E-state index contributed by atoms with van der Waals surface area (Å²) in [7, 11) is -2.23. The second kappa shape index (κ2) is 9.94. The van der Waals surface area contributed by atoms with Gasteiger partial charge in [0.2, 0.25) is 10.0 Å². The fourth-order valence-electron chi connectivity index (χ4n) is 3.35. The number of carboxylic acid groups (broad SMARTS) is 1. The third-order valence-electron chi connectivity index (χ3n) is 5.38. The largest absolute Gasteiger partial charge is 0.465 e. The van der Waals surface area contributed by atoms with E-state index in [-0.39, 0.29) is 35.4 Å². The number of carbonyl (C=O) groups excluding carboxylic acids is 1. The van der Waals surface area contributed by atoms with E-state index in [2.05, 4.69) is 30.3 Å². The molecule has 4 heterocycles. The van der Waals surface area contributed by atoms with Gasteiger partial charge in [-0.3, -0.25) is 15.0 Å². The van der Waals surface area contributed by atoms with Crippen molar-refractivity contribution < 1.29 is 27.9 Å². The van der Waals surface area contributed by atoms with Crippen LogP contribution in [0.25, 0.3) is 11.4 Å². The van der Waals surface area contributed by atoms with E-state index < -0.39 is 33.6 Å². The maximum Gasteiger partial charge on any atom is 0.413 e. The molecule has 1 aliphatic heterocycles. The molecule has 0 bridgehead atoms. The summed E-state index contributed by atoms with van der Waals surface area (Å²) in [5.74, 6) is 0.202. The molecule has 0 unspecified atom stereocenters. The summed E-state index contributed by atoms with van der Waals surface area (Å²) in [6, 6.07) is 6.34. The molecule has 0 saturated carbocycles. The Morgan fingerprint density at radius 1 is 1.25 bits per heavy atom. The maximum absolute atomic E-state index is 12.5. The summed E-state index contributed by atoms with van der Waals surface area (Å²) < 4.78 is 34.0. The molecular weight excluding hydrogens is 516 g/mol. The van der Waals surface area contributed by atoms with Gasteiger partial charge >= 0.3 is 12.2 Å². The van der Waals surface area contributed by atoms with Gasteiger partial charge in [-0.1, -0.05) is 22.9 Å². The molecule has 3 N–H and O–H groups in total. The molecule has 16 heteroatoms. The molecule has 0 aromatic carbocycles. The van der Waals surface area contributed by atoms with E-state index in [4.69, 9.17) is 21.4 Å². The van der Waals surface area contributed by atoms with Crippen LogP contribution in [0.2, 0.25) is 5.15 Å². The third-order valence-corrected chi connectivity index (χ3v) is 7.39. The van der Waals surface area contributed by atoms with Crippen molar-refractivity contribution in [1.29, 1.82) is 0 Å². The summed E-state index contributed by atoms with van der Waals surface area (Å²) in [4.78, 5) is 32.6. The molecule has 0 aliphatic carbocycles. The van der Waals surface area contributed by atoms with E-state index in [0.717, 1.165) is 4.90 Å². The molecule has 14 nitrogen and oxygen atoms in total. The number of hydrogen-bond donors (Lipinski definition) is 3. The Bertz CT molecular complexity index is 1390. The van der Waals surface area contributed by atoms with Gasteiger partial charge in [0.1, 0.15) is 16.5 Å². The molecule has 4 rings (SSSR count). The van der Waals surface area contributed by atoms with Gasteiger partial charge in [-0.05, 0) is 25.1 Å². The SMILES string of the molecule is C[C@@H](OC(=O)Nc1c(-c2ccc(NS(=O)(=O)C3CN(C(=O)O)C3)cn2)nnn1C)c1cccnc1Cl. The number of sulfonamides is 1. The Kier molecular flexibility index (Phi) is 6.94. The molecule has 3 aromatic heterocycles. The van der Waals surface area contributed by atoms with Crippen LogP contribution in [0.15, 0.2) is 36.7 Å². The summed E-state index contributed by atoms with van der Waals surface area (Å²) in [5, 5.41) is 18.8. The molecule has 1 aliphatic rings. The maximum atomic E-state index is 12.5. The first-order valence-corrected chi connectivity index (χ1v) is 12.4. The zero-order chi connectivity index (χ0) is 26.0. The van der Waals surface area contributed by atoms with E-state index in [0.29, 0.717) is 11.3 Å². The number of rotatable bonds is 7. The topological polar surface area (TPSA) is 182 Å².